The van der Waals surface area contributed by atoms with Crippen LogP contribution in [0.3, 0.4) is 0 Å². The number of carbonyl (C=O) groups excluding carboxylic acids is 2. The van der Waals surface area contributed by atoms with Crippen molar-refractivity contribution in [2.75, 3.05) is 17.7 Å². The average molecular weight is 463 g/mol. The van der Waals surface area contributed by atoms with E-state index in [1.165, 1.54) is 17.4 Å². The number of hydrogen-bond acceptors (Lipinski definition) is 7. The second-order valence-corrected chi connectivity index (χ2v) is 8.47. The van der Waals surface area contributed by atoms with E-state index in [1.54, 1.807) is 48.8 Å². The predicted molar refractivity (Wildman–Crippen MR) is 128 cm³/mol. The Kier molecular flexibility index (Phi) is 6.69. The van der Waals surface area contributed by atoms with Crippen molar-refractivity contribution in [3.63, 3.8) is 0 Å². The largest absolute Gasteiger partial charge is 0.497 e. The normalized spacial score (nSPS) is 10.8. The smallest absolute Gasteiger partial charge is 0.257 e. The van der Waals surface area contributed by atoms with Gasteiger partial charge in [-0.1, -0.05) is 17.4 Å². The van der Waals surface area contributed by atoms with Crippen LogP contribution in [0.15, 0.2) is 72.1 Å². The number of carbonyl (C=O) groups is 2. The summed E-state index contributed by atoms with van der Waals surface area (Å²) in [6, 6.07) is 17.9. The van der Waals surface area contributed by atoms with E-state index in [1.807, 2.05) is 41.8 Å². The Morgan fingerprint density at radius 2 is 1.75 bits per heavy atom. The molecule has 0 fully saturated rings. The molecule has 0 aliphatic rings. The van der Waals surface area contributed by atoms with Crippen molar-refractivity contribution in [3.8, 4) is 16.3 Å². The Morgan fingerprint density at radius 1 is 0.969 bits per heavy atom. The molecular weight excluding hydrogens is 444 g/mol. The van der Waals surface area contributed by atoms with Crippen LogP contribution in [0.2, 0.25) is 0 Å². The van der Waals surface area contributed by atoms with E-state index in [9.17, 15) is 9.59 Å². The zero-order valence-electron chi connectivity index (χ0n) is 16.9. The Hall–Kier alpha value is -3.82. The molecule has 160 valence electrons. The van der Waals surface area contributed by atoms with Gasteiger partial charge in [0, 0.05) is 27.8 Å². The summed E-state index contributed by atoms with van der Waals surface area (Å²) >= 11 is 2.83. The van der Waals surface area contributed by atoms with E-state index in [2.05, 4.69) is 20.8 Å². The monoisotopic (exact) mass is 462 g/mol. The summed E-state index contributed by atoms with van der Waals surface area (Å²) in [6.45, 7) is 0. The van der Waals surface area contributed by atoms with Crippen LogP contribution < -0.4 is 15.4 Å². The van der Waals surface area contributed by atoms with Crippen molar-refractivity contribution >= 4 is 51.4 Å². The van der Waals surface area contributed by atoms with Crippen LogP contribution in [0.25, 0.3) is 16.6 Å². The molecule has 0 bridgehead atoms. The first-order chi connectivity index (χ1) is 15.6. The molecule has 0 spiro atoms. The summed E-state index contributed by atoms with van der Waals surface area (Å²) in [5.41, 5.74) is 1.93. The molecule has 0 saturated carbocycles. The number of methoxy groups -OCH3 is 1. The van der Waals surface area contributed by atoms with E-state index in [-0.39, 0.29) is 11.8 Å². The summed E-state index contributed by atoms with van der Waals surface area (Å²) in [7, 11) is 1.61. The number of amides is 2. The van der Waals surface area contributed by atoms with E-state index in [4.69, 9.17) is 4.74 Å². The van der Waals surface area contributed by atoms with Gasteiger partial charge in [0.2, 0.25) is 11.0 Å². The number of hydrogen-bond donors (Lipinski definition) is 2. The van der Waals surface area contributed by atoms with Crippen molar-refractivity contribution in [2.45, 2.75) is 0 Å². The third-order valence-corrected chi connectivity index (χ3v) is 6.06. The van der Waals surface area contributed by atoms with Gasteiger partial charge >= 0.3 is 0 Å². The van der Waals surface area contributed by atoms with Crippen LogP contribution in [-0.2, 0) is 4.79 Å². The molecule has 4 aromatic rings. The van der Waals surface area contributed by atoms with Crippen LogP contribution in [0.1, 0.15) is 15.2 Å². The second-order valence-electron chi connectivity index (χ2n) is 6.51. The van der Waals surface area contributed by atoms with Gasteiger partial charge in [-0.2, -0.15) is 0 Å². The van der Waals surface area contributed by atoms with Crippen molar-refractivity contribution in [3.05, 3.63) is 82.6 Å². The lowest BCUT2D eigenvalue weighted by Crippen LogP contribution is -2.12. The molecule has 32 heavy (non-hydrogen) atoms. The molecule has 2 aromatic carbocycles. The van der Waals surface area contributed by atoms with E-state index < -0.39 is 0 Å². The van der Waals surface area contributed by atoms with Crippen molar-refractivity contribution in [1.29, 1.82) is 0 Å². The Labute approximate surface area is 192 Å². The fraction of sp³-hybridized carbons (Fsp3) is 0.0435. The van der Waals surface area contributed by atoms with Crippen molar-refractivity contribution in [1.82, 2.24) is 10.2 Å². The number of nitrogens with one attached hydrogen (secondary N) is 2. The van der Waals surface area contributed by atoms with Gasteiger partial charge in [0.05, 0.1) is 7.11 Å². The number of benzene rings is 2. The van der Waals surface area contributed by atoms with Gasteiger partial charge in [-0.25, -0.2) is 0 Å². The lowest BCUT2D eigenvalue weighted by Gasteiger charge is -2.04. The van der Waals surface area contributed by atoms with Crippen LogP contribution in [0.4, 0.5) is 10.8 Å². The third-order valence-electron chi connectivity index (χ3n) is 4.34. The standard InChI is InChI=1S/C23H18N4O3S2/c1-30-18-10-6-16(7-11-18)22-26-27-23(32-22)25-21(29)15-4-8-17(9-5-15)24-20(28)13-12-19-3-2-14-31-19/h2-14H,1H3,(H,24,28)(H,25,27,29)/b13-12+. The molecule has 0 saturated heterocycles. The first-order valence-corrected chi connectivity index (χ1v) is 11.2. The summed E-state index contributed by atoms with van der Waals surface area (Å²) in [5.74, 6) is 0.207. The van der Waals surface area contributed by atoms with Gasteiger partial charge in [-0.05, 0) is 66.1 Å². The number of nitrogens with zero attached hydrogens (tertiary/aromatic N) is 2. The first kappa shape index (κ1) is 21.4. The molecule has 2 heterocycles. The van der Waals surface area contributed by atoms with Crippen molar-refractivity contribution < 1.29 is 14.3 Å². The second kappa shape index (κ2) is 9.99. The fourth-order valence-corrected chi connectivity index (χ4v) is 4.09. The molecule has 0 aliphatic heterocycles. The summed E-state index contributed by atoms with van der Waals surface area (Å²) in [6.07, 6.45) is 3.23. The maximum absolute atomic E-state index is 12.5. The van der Waals surface area contributed by atoms with Gasteiger partial charge in [-0.15, -0.1) is 21.5 Å². The number of anilines is 2. The maximum Gasteiger partial charge on any atom is 0.257 e. The molecule has 0 atom stereocenters. The molecule has 0 unspecified atom stereocenters. The fourth-order valence-electron chi connectivity index (χ4n) is 2.73. The third kappa shape index (κ3) is 5.45. The summed E-state index contributed by atoms with van der Waals surface area (Å²) in [5, 5.41) is 16.7. The van der Waals surface area contributed by atoms with Crippen LogP contribution in [0, 0.1) is 0 Å². The predicted octanol–water partition coefficient (Wildman–Crippen LogP) is 5.18. The quantitative estimate of drug-likeness (QED) is 0.369. The van der Waals surface area contributed by atoms with Gasteiger partial charge in [0.15, 0.2) is 0 Å². The molecule has 2 N–H and O–H groups in total. The van der Waals surface area contributed by atoms with Gasteiger partial charge in [-0.3, -0.25) is 14.9 Å². The lowest BCUT2D eigenvalue weighted by molar-refractivity contribution is -0.111. The minimum atomic E-state index is -0.308. The molecule has 9 heteroatoms. The zero-order valence-corrected chi connectivity index (χ0v) is 18.6. The van der Waals surface area contributed by atoms with Gasteiger partial charge < -0.3 is 10.1 Å². The summed E-state index contributed by atoms with van der Waals surface area (Å²) in [4.78, 5) is 25.6. The zero-order chi connectivity index (χ0) is 22.3. The van der Waals surface area contributed by atoms with Crippen LogP contribution in [-0.4, -0.2) is 29.1 Å². The number of aromatic nitrogens is 2. The van der Waals surface area contributed by atoms with Gasteiger partial charge in [0.1, 0.15) is 10.8 Å². The highest BCUT2D eigenvalue weighted by molar-refractivity contribution is 7.18. The average Bonchev–Trinajstić information content (AvgIpc) is 3.50. The SMILES string of the molecule is COc1ccc(-c2nnc(NC(=O)c3ccc(NC(=O)/C=C/c4cccs4)cc3)s2)cc1. The summed E-state index contributed by atoms with van der Waals surface area (Å²) < 4.78 is 5.15. The molecule has 4 rings (SSSR count). The highest BCUT2D eigenvalue weighted by Crippen LogP contribution is 2.28. The number of thiophene rings is 1. The molecule has 7 nitrogen and oxygen atoms in total. The molecule has 0 radical (unpaired) electrons. The minimum absolute atomic E-state index is 0.240. The Morgan fingerprint density at radius 3 is 2.44 bits per heavy atom. The molecule has 2 aromatic heterocycles. The lowest BCUT2D eigenvalue weighted by atomic mass is 10.2. The van der Waals surface area contributed by atoms with Crippen LogP contribution in [0.5, 0.6) is 5.75 Å². The van der Waals surface area contributed by atoms with Crippen molar-refractivity contribution in [2.24, 2.45) is 0 Å². The van der Waals surface area contributed by atoms with E-state index >= 15 is 0 Å². The molecule has 0 aliphatic carbocycles. The van der Waals surface area contributed by atoms with E-state index in [0.29, 0.717) is 21.4 Å². The molecular formula is C23H18N4O3S2. The highest BCUT2D eigenvalue weighted by atomic mass is 32.1. The first-order valence-electron chi connectivity index (χ1n) is 9.52. The molecule has 2 amide bonds. The minimum Gasteiger partial charge on any atom is -0.497 e. The topological polar surface area (TPSA) is 93.2 Å². The highest BCUT2D eigenvalue weighted by Gasteiger charge is 2.12. The Balaban J connectivity index is 1.34. The Bertz CT molecular complexity index is 1230. The maximum atomic E-state index is 12.5. The van der Waals surface area contributed by atoms with E-state index in [0.717, 1.165) is 16.2 Å². The van der Waals surface area contributed by atoms with Gasteiger partial charge in [0.25, 0.3) is 5.91 Å². The number of rotatable bonds is 7. The van der Waals surface area contributed by atoms with Crippen LogP contribution >= 0.6 is 22.7 Å². The number of ether oxygens (including phenoxy) is 1.